The molecule has 0 saturated carbocycles. The molecule has 0 N–H and O–H groups in total. The molecule has 0 spiro atoms. The smallest absolute Gasteiger partial charge is 0 e. The van der Waals surface area contributed by atoms with Crippen LogP contribution in [0.1, 0.15) is 27.2 Å². The summed E-state index contributed by atoms with van der Waals surface area (Å²) in [6, 6.07) is 0. The minimum absolute atomic E-state index is 0. The van der Waals surface area contributed by atoms with E-state index in [4.69, 9.17) is 0 Å². The summed E-state index contributed by atoms with van der Waals surface area (Å²) < 4.78 is 0. The summed E-state index contributed by atoms with van der Waals surface area (Å²) in [5.41, 5.74) is 1.65. The van der Waals surface area contributed by atoms with Gasteiger partial charge in [-0.2, -0.15) is 6.08 Å². The summed E-state index contributed by atoms with van der Waals surface area (Å²) >= 11 is 0. The van der Waals surface area contributed by atoms with Gasteiger partial charge in [-0.05, 0) is 5.41 Å². The first-order chi connectivity index (χ1) is 4.11. The molecule has 0 aromatic rings. The van der Waals surface area contributed by atoms with E-state index in [1.165, 1.54) is 5.57 Å². The van der Waals surface area contributed by atoms with Gasteiger partial charge < -0.3 is 0 Å². The van der Waals surface area contributed by atoms with Crippen molar-refractivity contribution >= 4 is 0 Å². The van der Waals surface area contributed by atoms with Gasteiger partial charge in [-0.3, -0.25) is 6.08 Å². The van der Waals surface area contributed by atoms with Crippen molar-refractivity contribution in [1.82, 2.24) is 0 Å². The summed E-state index contributed by atoms with van der Waals surface area (Å²) in [5.74, 6) is 0. The third-order valence-corrected chi connectivity index (χ3v) is 1.50. The molecule has 1 heteroatoms. The van der Waals surface area contributed by atoms with Gasteiger partial charge in [0.25, 0.3) is 0 Å². The van der Waals surface area contributed by atoms with Crippen LogP contribution in [0.4, 0.5) is 0 Å². The van der Waals surface area contributed by atoms with Gasteiger partial charge in [0.15, 0.2) is 0 Å². The van der Waals surface area contributed by atoms with Crippen LogP contribution in [0.15, 0.2) is 17.7 Å². The van der Waals surface area contributed by atoms with Crippen LogP contribution in [-0.2, 0) is 25.8 Å². The Morgan fingerprint density at radius 3 is 2.20 bits per heavy atom. The molecule has 0 fully saturated rings. The maximum absolute atomic E-state index is 3.30. The minimum Gasteiger partial charge on any atom is -0.269 e. The van der Waals surface area contributed by atoms with Crippen molar-refractivity contribution in [3.8, 4) is 0 Å². The Kier molecular flexibility index (Phi) is 3.79. The SMILES string of the molecule is CC(C)(C)C1=[C-]CC=C1.[Hf]. The molecule has 1 aliphatic carbocycles. The third-order valence-electron chi connectivity index (χ3n) is 1.50. The Hall–Kier alpha value is 0.350. The van der Waals surface area contributed by atoms with Crippen molar-refractivity contribution in [3.63, 3.8) is 0 Å². The summed E-state index contributed by atoms with van der Waals surface area (Å²) in [7, 11) is 0. The molecule has 1 aliphatic rings. The van der Waals surface area contributed by atoms with Gasteiger partial charge in [0.1, 0.15) is 0 Å². The summed E-state index contributed by atoms with van der Waals surface area (Å²) in [4.78, 5) is 0. The molecule has 0 aromatic heterocycles. The van der Waals surface area contributed by atoms with E-state index in [-0.39, 0.29) is 25.8 Å². The molecule has 0 saturated heterocycles. The quantitative estimate of drug-likeness (QED) is 0.477. The number of rotatable bonds is 0. The van der Waals surface area contributed by atoms with Crippen LogP contribution in [0, 0.1) is 11.5 Å². The predicted molar refractivity (Wildman–Crippen MR) is 40.0 cm³/mol. The second-order valence-corrected chi connectivity index (χ2v) is 3.45. The minimum atomic E-state index is 0. The monoisotopic (exact) mass is 301 g/mol. The molecule has 10 heavy (non-hydrogen) atoms. The summed E-state index contributed by atoms with van der Waals surface area (Å²) in [5, 5.41) is 0. The van der Waals surface area contributed by atoms with Gasteiger partial charge in [0.2, 0.25) is 0 Å². The average Bonchev–Trinajstić information content (AvgIpc) is 2.08. The third kappa shape index (κ3) is 2.53. The van der Waals surface area contributed by atoms with Gasteiger partial charge in [-0.15, -0.1) is 6.42 Å². The second kappa shape index (κ2) is 3.66. The van der Waals surface area contributed by atoms with Crippen molar-refractivity contribution in [3.05, 3.63) is 23.8 Å². The largest absolute Gasteiger partial charge is 0.269 e. The topological polar surface area (TPSA) is 0 Å². The van der Waals surface area contributed by atoms with Crippen LogP contribution in [0.5, 0.6) is 0 Å². The fourth-order valence-corrected chi connectivity index (χ4v) is 0.920. The molecule has 0 heterocycles. The van der Waals surface area contributed by atoms with Gasteiger partial charge in [0, 0.05) is 25.8 Å². The molecule has 0 aliphatic heterocycles. The molecule has 0 atom stereocenters. The van der Waals surface area contributed by atoms with E-state index in [1.54, 1.807) is 0 Å². The molecule has 0 bridgehead atoms. The Morgan fingerprint density at radius 2 is 2.00 bits per heavy atom. The van der Waals surface area contributed by atoms with E-state index < -0.39 is 0 Å². The van der Waals surface area contributed by atoms with E-state index >= 15 is 0 Å². The normalized spacial score (nSPS) is 16.5. The Balaban J connectivity index is 0.000000810. The first-order valence-electron chi connectivity index (χ1n) is 3.38. The maximum atomic E-state index is 3.30. The van der Waals surface area contributed by atoms with E-state index in [0.29, 0.717) is 5.41 Å². The zero-order valence-electron chi connectivity index (χ0n) is 6.86. The van der Waals surface area contributed by atoms with Crippen LogP contribution in [0.25, 0.3) is 0 Å². The molecule has 0 radical (unpaired) electrons. The van der Waals surface area contributed by atoms with Crippen molar-refractivity contribution in [2.75, 3.05) is 0 Å². The fraction of sp³-hybridized carbons (Fsp3) is 0.556. The zero-order chi connectivity index (χ0) is 6.91. The predicted octanol–water partition coefficient (Wildman–Crippen LogP) is 2.72. The van der Waals surface area contributed by atoms with Gasteiger partial charge in [-0.1, -0.05) is 20.8 Å². The first kappa shape index (κ1) is 10.4. The number of hydrogen-bond acceptors (Lipinski definition) is 0. The molecule has 54 valence electrons. The Bertz CT molecular complexity index is 158. The van der Waals surface area contributed by atoms with Crippen LogP contribution in [-0.4, -0.2) is 0 Å². The van der Waals surface area contributed by atoms with Gasteiger partial charge >= 0.3 is 0 Å². The molecule has 0 aromatic carbocycles. The zero-order valence-corrected chi connectivity index (χ0v) is 10.5. The molecule has 0 nitrogen and oxygen atoms in total. The molecule has 1 rings (SSSR count). The second-order valence-electron chi connectivity index (χ2n) is 3.45. The Labute approximate surface area is 82.2 Å². The van der Waals surface area contributed by atoms with Crippen LogP contribution in [0.3, 0.4) is 0 Å². The van der Waals surface area contributed by atoms with Gasteiger partial charge in [0.05, 0.1) is 0 Å². The van der Waals surface area contributed by atoms with E-state index in [0.717, 1.165) is 6.42 Å². The number of hydrogen-bond donors (Lipinski definition) is 0. The van der Waals surface area contributed by atoms with Crippen molar-refractivity contribution < 1.29 is 25.8 Å². The van der Waals surface area contributed by atoms with E-state index in [9.17, 15) is 0 Å². The van der Waals surface area contributed by atoms with Gasteiger partial charge in [-0.25, -0.2) is 11.6 Å². The molecule has 0 unspecified atom stereocenters. The van der Waals surface area contributed by atoms with Crippen LogP contribution >= 0.6 is 0 Å². The van der Waals surface area contributed by atoms with Crippen LogP contribution < -0.4 is 0 Å². The summed E-state index contributed by atoms with van der Waals surface area (Å²) in [6.45, 7) is 6.64. The molecular weight excluding hydrogens is 287 g/mol. The van der Waals surface area contributed by atoms with Crippen molar-refractivity contribution in [1.29, 1.82) is 0 Å². The first-order valence-corrected chi connectivity index (χ1v) is 3.38. The standard InChI is InChI=1S/C9H13.Hf/c1-9(2,3)8-6-4-5-7-8;/h4,6H,5H2,1-3H3;/q-1;. The summed E-state index contributed by atoms with van der Waals surface area (Å²) in [6.07, 6.45) is 8.63. The fourth-order valence-electron chi connectivity index (χ4n) is 0.920. The average molecular weight is 300 g/mol. The van der Waals surface area contributed by atoms with Crippen molar-refractivity contribution in [2.45, 2.75) is 27.2 Å². The van der Waals surface area contributed by atoms with Crippen molar-refractivity contribution in [2.24, 2.45) is 5.41 Å². The number of allylic oxidation sites excluding steroid dienone is 4. The van der Waals surface area contributed by atoms with Crippen LogP contribution in [0.2, 0.25) is 0 Å². The maximum Gasteiger partial charge on any atom is 0 e. The van der Waals surface area contributed by atoms with E-state index in [2.05, 4.69) is 39.0 Å². The van der Waals surface area contributed by atoms with E-state index in [1.807, 2.05) is 0 Å². The molecular formula is C9H13Hf-. The molecule has 0 amide bonds. The Morgan fingerprint density at radius 1 is 1.40 bits per heavy atom.